The molecule has 3 heterocycles. The van der Waals surface area contributed by atoms with Crippen molar-refractivity contribution in [3.8, 4) is 5.75 Å². The van der Waals surface area contributed by atoms with Gasteiger partial charge in [-0.1, -0.05) is 6.42 Å². The van der Waals surface area contributed by atoms with Crippen LogP contribution in [0.4, 0.5) is 11.8 Å². The first kappa shape index (κ1) is 14.3. The van der Waals surface area contributed by atoms with Crippen LogP contribution in [0, 0.1) is 0 Å². The Kier molecular flexibility index (Phi) is 3.10. The van der Waals surface area contributed by atoms with Gasteiger partial charge in [0.15, 0.2) is 0 Å². The van der Waals surface area contributed by atoms with Crippen molar-refractivity contribution in [2.24, 2.45) is 5.73 Å². The minimum atomic E-state index is 0.205. The molecule has 1 aliphatic carbocycles. The molecular formula is C18H23N5O. The smallest absolute Gasteiger partial charge is 0.222 e. The number of aromatic nitrogens is 2. The monoisotopic (exact) mass is 325 g/mol. The first-order chi connectivity index (χ1) is 11.7. The number of benzene rings is 1. The molecule has 1 saturated heterocycles. The zero-order chi connectivity index (χ0) is 16.3. The molecule has 2 fully saturated rings. The van der Waals surface area contributed by atoms with Crippen molar-refractivity contribution in [3.63, 3.8) is 0 Å². The van der Waals surface area contributed by atoms with E-state index in [1.165, 1.54) is 24.8 Å². The van der Waals surface area contributed by atoms with E-state index in [-0.39, 0.29) is 6.04 Å². The molecule has 0 bridgehead atoms. The van der Waals surface area contributed by atoms with Gasteiger partial charge < -0.3 is 21.1 Å². The minimum absolute atomic E-state index is 0.205. The number of ether oxygens (including phenoxy) is 1. The molecule has 0 radical (unpaired) electrons. The van der Waals surface area contributed by atoms with Crippen molar-refractivity contribution in [2.45, 2.75) is 50.2 Å². The maximum atomic E-state index is 6.21. The van der Waals surface area contributed by atoms with E-state index in [1.54, 1.807) is 0 Å². The van der Waals surface area contributed by atoms with Crippen LogP contribution in [0.3, 0.4) is 0 Å². The fraction of sp³-hybridized carbons (Fsp3) is 0.556. The third kappa shape index (κ3) is 2.05. The van der Waals surface area contributed by atoms with E-state index in [1.807, 2.05) is 0 Å². The Labute approximate surface area is 141 Å². The van der Waals surface area contributed by atoms with Crippen LogP contribution >= 0.6 is 0 Å². The molecule has 24 heavy (non-hydrogen) atoms. The molecule has 2 aliphatic heterocycles. The normalized spacial score (nSPS) is 28.7. The lowest BCUT2D eigenvalue weighted by Gasteiger charge is -2.24. The van der Waals surface area contributed by atoms with Crippen LogP contribution in [0.5, 0.6) is 5.75 Å². The van der Waals surface area contributed by atoms with E-state index in [0.29, 0.717) is 18.0 Å². The van der Waals surface area contributed by atoms with Crippen molar-refractivity contribution in [1.82, 2.24) is 9.97 Å². The van der Waals surface area contributed by atoms with Crippen molar-refractivity contribution in [3.05, 3.63) is 17.7 Å². The van der Waals surface area contributed by atoms with E-state index < -0.39 is 0 Å². The second-order valence-electron chi connectivity index (χ2n) is 7.32. The number of hydrogen-bond acceptors (Lipinski definition) is 6. The summed E-state index contributed by atoms with van der Waals surface area (Å²) >= 11 is 0. The van der Waals surface area contributed by atoms with Crippen LogP contribution in [0.15, 0.2) is 12.1 Å². The zero-order valence-electron chi connectivity index (χ0n) is 13.7. The highest BCUT2D eigenvalue weighted by Crippen LogP contribution is 2.49. The van der Waals surface area contributed by atoms with Crippen LogP contribution in [-0.2, 0) is 0 Å². The van der Waals surface area contributed by atoms with E-state index >= 15 is 0 Å². The highest BCUT2D eigenvalue weighted by Gasteiger charge is 2.38. The summed E-state index contributed by atoms with van der Waals surface area (Å²) in [5, 5.41) is 1.08. The van der Waals surface area contributed by atoms with Gasteiger partial charge in [-0.15, -0.1) is 0 Å². The summed E-state index contributed by atoms with van der Waals surface area (Å²) < 4.78 is 6.21. The maximum absolute atomic E-state index is 6.21. The summed E-state index contributed by atoms with van der Waals surface area (Å²) in [7, 11) is 0. The molecule has 4 N–H and O–H groups in total. The summed E-state index contributed by atoms with van der Waals surface area (Å²) in [4.78, 5) is 11.4. The fourth-order valence-corrected chi connectivity index (χ4v) is 4.61. The van der Waals surface area contributed by atoms with Crippen LogP contribution in [0.2, 0.25) is 0 Å². The molecule has 3 aliphatic rings. The highest BCUT2D eigenvalue weighted by molar-refractivity contribution is 5.94. The van der Waals surface area contributed by atoms with Gasteiger partial charge in [0.25, 0.3) is 0 Å². The lowest BCUT2D eigenvalue weighted by atomic mass is 9.82. The number of nitrogens with zero attached hydrogens (tertiary/aromatic N) is 3. The van der Waals surface area contributed by atoms with Gasteiger partial charge in [0.2, 0.25) is 5.95 Å². The second-order valence-corrected chi connectivity index (χ2v) is 7.32. The standard InChI is InChI=1S/C18H23N5O/c19-10-7-8-23(9-10)17-12-5-6-14-15(16(12)21-18(20)22-17)11-3-1-2-4-13(11)24-14/h5-6,10-11,13H,1-4,7-9,19H2,(H2,20,21,22)/t10-,11?,13?/m1/s1. The topological polar surface area (TPSA) is 90.3 Å². The zero-order valence-corrected chi connectivity index (χ0v) is 13.7. The number of nitrogens with two attached hydrogens (primary N) is 2. The third-order valence-corrected chi connectivity index (χ3v) is 5.74. The molecule has 6 nitrogen and oxygen atoms in total. The molecule has 1 saturated carbocycles. The number of hydrogen-bond donors (Lipinski definition) is 2. The van der Waals surface area contributed by atoms with Gasteiger partial charge in [0, 0.05) is 36.0 Å². The predicted molar refractivity (Wildman–Crippen MR) is 94.4 cm³/mol. The van der Waals surface area contributed by atoms with Crippen molar-refractivity contribution < 1.29 is 4.74 Å². The number of fused-ring (bicyclic) bond motifs is 5. The second kappa shape index (κ2) is 5.21. The predicted octanol–water partition coefficient (Wildman–Crippen LogP) is 2.17. The molecule has 3 atom stereocenters. The van der Waals surface area contributed by atoms with Gasteiger partial charge in [-0.3, -0.25) is 0 Å². The van der Waals surface area contributed by atoms with E-state index in [2.05, 4.69) is 27.0 Å². The molecule has 0 amide bonds. The summed E-state index contributed by atoms with van der Waals surface area (Å²) in [5.41, 5.74) is 14.4. The van der Waals surface area contributed by atoms with Crippen molar-refractivity contribution >= 4 is 22.7 Å². The van der Waals surface area contributed by atoms with E-state index in [0.717, 1.165) is 48.4 Å². The van der Waals surface area contributed by atoms with Crippen LogP contribution < -0.4 is 21.1 Å². The SMILES string of the molecule is Nc1nc(N2CC[C@@H](N)C2)c2ccc3c(c2n1)C1CCCCC1O3. The van der Waals surface area contributed by atoms with Gasteiger partial charge in [-0.25, -0.2) is 4.98 Å². The molecule has 2 unspecified atom stereocenters. The summed E-state index contributed by atoms with van der Waals surface area (Å²) in [6.07, 6.45) is 6.11. The van der Waals surface area contributed by atoms with Gasteiger partial charge in [-0.2, -0.15) is 4.98 Å². The first-order valence-corrected chi connectivity index (χ1v) is 8.98. The molecule has 2 aromatic rings. The first-order valence-electron chi connectivity index (χ1n) is 8.98. The number of nitrogen functional groups attached to an aromatic ring is 1. The number of rotatable bonds is 1. The Balaban J connectivity index is 1.69. The number of anilines is 2. The van der Waals surface area contributed by atoms with E-state index in [9.17, 15) is 0 Å². The minimum Gasteiger partial charge on any atom is -0.489 e. The van der Waals surface area contributed by atoms with Gasteiger partial charge in [-0.05, 0) is 37.8 Å². The van der Waals surface area contributed by atoms with Crippen molar-refractivity contribution in [2.75, 3.05) is 23.7 Å². The summed E-state index contributed by atoms with van der Waals surface area (Å²) in [6.45, 7) is 1.75. The lowest BCUT2D eigenvalue weighted by Crippen LogP contribution is -2.27. The molecule has 6 heteroatoms. The maximum Gasteiger partial charge on any atom is 0.222 e. The largest absolute Gasteiger partial charge is 0.489 e. The van der Waals surface area contributed by atoms with E-state index in [4.69, 9.17) is 16.2 Å². The Morgan fingerprint density at radius 3 is 2.83 bits per heavy atom. The lowest BCUT2D eigenvalue weighted by molar-refractivity contribution is 0.164. The third-order valence-electron chi connectivity index (χ3n) is 5.74. The summed E-state index contributed by atoms with van der Waals surface area (Å²) in [5.74, 6) is 2.69. The molecule has 0 spiro atoms. The molecular weight excluding hydrogens is 302 g/mol. The Morgan fingerprint density at radius 2 is 2.00 bits per heavy atom. The molecule has 1 aromatic carbocycles. The Bertz CT molecular complexity index is 808. The van der Waals surface area contributed by atoms with Crippen LogP contribution in [0.25, 0.3) is 10.9 Å². The van der Waals surface area contributed by atoms with Crippen molar-refractivity contribution in [1.29, 1.82) is 0 Å². The van der Waals surface area contributed by atoms with Gasteiger partial charge in [0.1, 0.15) is 17.7 Å². The van der Waals surface area contributed by atoms with Gasteiger partial charge in [0.05, 0.1) is 5.52 Å². The average molecular weight is 325 g/mol. The van der Waals surface area contributed by atoms with Gasteiger partial charge >= 0.3 is 0 Å². The average Bonchev–Trinajstić information content (AvgIpc) is 3.17. The highest BCUT2D eigenvalue weighted by atomic mass is 16.5. The molecule has 1 aromatic heterocycles. The summed E-state index contributed by atoms with van der Waals surface area (Å²) in [6, 6.07) is 4.39. The van der Waals surface area contributed by atoms with Crippen LogP contribution in [-0.4, -0.2) is 35.2 Å². The molecule has 5 rings (SSSR count). The Morgan fingerprint density at radius 1 is 1.12 bits per heavy atom. The Hall–Kier alpha value is -2.08. The van der Waals surface area contributed by atoms with Crippen LogP contribution in [0.1, 0.15) is 43.6 Å². The molecule has 126 valence electrons. The fourth-order valence-electron chi connectivity index (χ4n) is 4.61. The quantitative estimate of drug-likeness (QED) is 0.835.